The maximum absolute atomic E-state index is 13.3. The summed E-state index contributed by atoms with van der Waals surface area (Å²) in [5, 5.41) is 35.4. The van der Waals surface area contributed by atoms with E-state index in [1.54, 1.807) is 18.0 Å². The lowest BCUT2D eigenvalue weighted by molar-refractivity contribution is -0.236. The Morgan fingerprint density at radius 1 is 1.24 bits per heavy atom. The summed E-state index contributed by atoms with van der Waals surface area (Å²) in [5.41, 5.74) is 1.23. The Kier molecular flexibility index (Phi) is 5.20. The fourth-order valence-electron chi connectivity index (χ4n) is 8.00. The smallest absolute Gasteiger partial charge is 0.298 e. The molecule has 1 saturated heterocycles. The van der Waals surface area contributed by atoms with Crippen LogP contribution in [0, 0.1) is 24.7 Å². The Morgan fingerprint density at radius 3 is 2.82 bits per heavy atom. The number of nitrogens with zero attached hydrogens (tertiary/aromatic N) is 2. The first kappa shape index (κ1) is 24.0. The number of rotatable bonds is 3. The van der Waals surface area contributed by atoms with Gasteiger partial charge in [-0.2, -0.15) is 0 Å². The van der Waals surface area contributed by atoms with Crippen LogP contribution in [-0.4, -0.2) is 81.1 Å². The average Bonchev–Trinajstić information content (AvgIpc) is 3.62. The number of amides is 1. The summed E-state index contributed by atoms with van der Waals surface area (Å²) < 4.78 is 6.51. The second kappa shape index (κ2) is 8.22. The molecular weight excluding hydrogens is 480 g/mol. The third-order valence-corrected chi connectivity index (χ3v) is 9.90. The number of phenols is 1. The van der Waals surface area contributed by atoms with Crippen LogP contribution in [-0.2, 0) is 16.6 Å². The van der Waals surface area contributed by atoms with Gasteiger partial charge >= 0.3 is 0 Å². The number of hydrogen-bond acceptors (Lipinski definition) is 6. The van der Waals surface area contributed by atoms with Gasteiger partial charge in [0.1, 0.15) is 6.10 Å². The van der Waals surface area contributed by atoms with Crippen LogP contribution >= 0.6 is 0 Å². The summed E-state index contributed by atoms with van der Waals surface area (Å²) in [6.07, 6.45) is 2.39. The number of carbonyl (C=O) groups excluding carboxylic acids is 1. The van der Waals surface area contributed by atoms with Crippen molar-refractivity contribution >= 4 is 5.91 Å². The topological polar surface area (TPSA) is 93.5 Å². The SMILES string of the molecule is Cc1cccc(C#CC(=O)N(C)[C@@H]2CC[C@@]3(O)[C@@H]4Cc5ccc(O)c6c5[C@@]3([C@@H](O)CN4CC3CC3)[C@H]2O6)c1. The van der Waals surface area contributed by atoms with Crippen molar-refractivity contribution in [3.05, 3.63) is 58.7 Å². The van der Waals surface area contributed by atoms with Crippen molar-refractivity contribution in [3.63, 3.8) is 0 Å². The van der Waals surface area contributed by atoms with Crippen molar-refractivity contribution in [2.75, 3.05) is 20.1 Å². The maximum Gasteiger partial charge on any atom is 0.298 e. The molecule has 0 radical (unpaired) electrons. The summed E-state index contributed by atoms with van der Waals surface area (Å²) in [6, 6.07) is 10.7. The molecule has 198 valence electrons. The number of aliphatic hydroxyl groups excluding tert-OH is 1. The summed E-state index contributed by atoms with van der Waals surface area (Å²) in [6.45, 7) is 3.30. The van der Waals surface area contributed by atoms with Crippen molar-refractivity contribution in [2.45, 2.75) is 74.3 Å². The van der Waals surface area contributed by atoms with Crippen molar-refractivity contribution in [3.8, 4) is 23.3 Å². The molecule has 2 aromatic rings. The van der Waals surface area contributed by atoms with Crippen molar-refractivity contribution < 1.29 is 24.9 Å². The van der Waals surface area contributed by atoms with Crippen molar-refractivity contribution in [2.24, 2.45) is 5.92 Å². The zero-order valence-electron chi connectivity index (χ0n) is 21.9. The lowest BCUT2D eigenvalue weighted by atomic mass is 9.47. The van der Waals surface area contributed by atoms with E-state index < -0.39 is 29.3 Å². The number of likely N-dealkylation sites (N-methyl/N-ethyl adjacent to an activating group) is 1. The number of aliphatic hydroxyl groups is 2. The number of hydrogen-bond donors (Lipinski definition) is 3. The van der Waals surface area contributed by atoms with Gasteiger partial charge in [-0.05, 0) is 74.3 Å². The van der Waals surface area contributed by atoms with E-state index in [0.29, 0.717) is 37.5 Å². The molecule has 3 aliphatic carbocycles. The molecule has 0 aromatic heterocycles. The number of phenolic OH excluding ortho intramolecular Hbond substituents is 1. The van der Waals surface area contributed by atoms with E-state index in [9.17, 15) is 20.1 Å². The van der Waals surface area contributed by atoms with Gasteiger partial charge < -0.3 is 25.0 Å². The molecule has 3 N–H and O–H groups in total. The second-order valence-electron chi connectivity index (χ2n) is 12.1. The molecule has 6 atom stereocenters. The largest absolute Gasteiger partial charge is 0.504 e. The Hall–Kier alpha value is -3.05. The molecule has 1 spiro atoms. The van der Waals surface area contributed by atoms with Gasteiger partial charge in [0.25, 0.3) is 5.91 Å². The number of aryl methyl sites for hydroxylation is 1. The van der Waals surface area contributed by atoms with Crippen LogP contribution in [0.25, 0.3) is 0 Å². The molecule has 7 rings (SSSR count). The van der Waals surface area contributed by atoms with E-state index in [0.717, 1.165) is 28.8 Å². The van der Waals surface area contributed by atoms with Crippen LogP contribution in [0.1, 0.15) is 47.9 Å². The molecule has 3 fully saturated rings. The Labute approximate surface area is 223 Å². The highest BCUT2D eigenvalue weighted by Gasteiger charge is 2.76. The van der Waals surface area contributed by atoms with Crippen LogP contribution in [0.2, 0.25) is 0 Å². The highest BCUT2D eigenvalue weighted by molar-refractivity contribution is 5.94. The normalized spacial score (nSPS) is 34.5. The van der Waals surface area contributed by atoms with Crippen LogP contribution < -0.4 is 4.74 Å². The number of ether oxygens (including phenoxy) is 1. The Morgan fingerprint density at radius 2 is 2.05 bits per heavy atom. The lowest BCUT2D eigenvalue weighted by Crippen LogP contribution is -2.82. The summed E-state index contributed by atoms with van der Waals surface area (Å²) in [5.74, 6) is 6.40. The minimum atomic E-state index is -1.23. The quantitative estimate of drug-likeness (QED) is 0.544. The zero-order valence-corrected chi connectivity index (χ0v) is 21.9. The monoisotopic (exact) mass is 514 g/mol. The molecular formula is C31H34N2O5. The second-order valence-corrected chi connectivity index (χ2v) is 12.1. The molecule has 7 nitrogen and oxygen atoms in total. The third-order valence-electron chi connectivity index (χ3n) is 9.90. The first-order chi connectivity index (χ1) is 18.2. The van der Waals surface area contributed by atoms with Crippen LogP contribution in [0.15, 0.2) is 36.4 Å². The summed E-state index contributed by atoms with van der Waals surface area (Å²) >= 11 is 0. The fourth-order valence-corrected chi connectivity index (χ4v) is 8.00. The molecule has 7 heteroatoms. The minimum Gasteiger partial charge on any atom is -0.504 e. The lowest BCUT2D eigenvalue weighted by Gasteiger charge is -2.66. The van der Waals surface area contributed by atoms with Gasteiger partial charge in [-0.1, -0.05) is 24.1 Å². The molecule has 0 unspecified atom stereocenters. The molecule has 2 bridgehead atoms. The first-order valence-corrected chi connectivity index (χ1v) is 13.8. The van der Waals surface area contributed by atoms with Crippen LogP contribution in [0.3, 0.4) is 0 Å². The van der Waals surface area contributed by atoms with Crippen molar-refractivity contribution in [1.29, 1.82) is 0 Å². The fraction of sp³-hybridized carbons (Fsp3) is 0.516. The van der Waals surface area contributed by atoms with E-state index in [2.05, 4.69) is 16.7 Å². The molecule has 1 amide bonds. The summed E-state index contributed by atoms with van der Waals surface area (Å²) in [4.78, 5) is 17.2. The predicted octanol–water partition coefficient (Wildman–Crippen LogP) is 2.11. The first-order valence-electron chi connectivity index (χ1n) is 13.8. The third kappa shape index (κ3) is 3.17. The van der Waals surface area contributed by atoms with E-state index >= 15 is 0 Å². The molecule has 5 aliphatic rings. The van der Waals surface area contributed by atoms with Gasteiger partial charge in [0, 0.05) is 43.2 Å². The standard InChI is InChI=1S/C31H34N2O5/c1-18-4-3-5-19(14-18)8-11-26(36)32(2)22-12-13-30(37)24-15-21-9-10-23(34)28-27(21)31(30,29(22)38-28)25(35)17-33(24)16-20-6-7-20/h3-5,9-10,14,20,22,24-25,29,34-35,37H,6-7,12-13,15-17H2,1-2H3/t22-,24+,25+,29+,30-,31+/m1/s1. The number of benzene rings is 2. The Bertz CT molecular complexity index is 1390. The average molecular weight is 515 g/mol. The number of piperidine rings is 1. The molecule has 38 heavy (non-hydrogen) atoms. The molecule has 2 heterocycles. The van der Waals surface area contributed by atoms with Crippen LogP contribution in [0.5, 0.6) is 11.5 Å². The molecule has 2 aromatic carbocycles. The van der Waals surface area contributed by atoms with Crippen molar-refractivity contribution in [1.82, 2.24) is 9.80 Å². The van der Waals surface area contributed by atoms with E-state index in [4.69, 9.17) is 4.74 Å². The number of β-amino-alcohol motifs (C(OH)–C–C–N with tert-alkyl or cyclic N) is 1. The Balaban J connectivity index is 1.29. The minimum absolute atomic E-state index is 0.00732. The van der Waals surface area contributed by atoms with Gasteiger partial charge in [0.15, 0.2) is 11.5 Å². The van der Waals surface area contributed by atoms with E-state index in [1.165, 1.54) is 12.8 Å². The summed E-state index contributed by atoms with van der Waals surface area (Å²) in [7, 11) is 1.72. The van der Waals surface area contributed by atoms with Crippen LogP contribution in [0.4, 0.5) is 0 Å². The van der Waals surface area contributed by atoms with Gasteiger partial charge in [0.2, 0.25) is 0 Å². The highest BCUT2D eigenvalue weighted by Crippen LogP contribution is 2.66. The number of carbonyl (C=O) groups is 1. The molecule has 2 aliphatic heterocycles. The maximum atomic E-state index is 13.3. The molecule has 2 saturated carbocycles. The number of aromatic hydroxyl groups is 1. The number of likely N-dealkylation sites (tertiary alicyclic amines) is 1. The predicted molar refractivity (Wildman–Crippen MR) is 141 cm³/mol. The van der Waals surface area contributed by atoms with Gasteiger partial charge in [-0.15, -0.1) is 0 Å². The zero-order chi connectivity index (χ0) is 26.4. The van der Waals surface area contributed by atoms with E-state index in [1.807, 2.05) is 37.3 Å². The highest BCUT2D eigenvalue weighted by atomic mass is 16.5. The van der Waals surface area contributed by atoms with Gasteiger partial charge in [-0.25, -0.2) is 0 Å². The van der Waals surface area contributed by atoms with Gasteiger partial charge in [0.05, 0.1) is 23.2 Å². The van der Waals surface area contributed by atoms with Gasteiger partial charge in [-0.3, -0.25) is 9.69 Å². The van der Waals surface area contributed by atoms with E-state index in [-0.39, 0.29) is 17.7 Å².